The Bertz CT molecular complexity index is 239. The zero-order valence-corrected chi connectivity index (χ0v) is 10.1. The van der Waals surface area contributed by atoms with Gasteiger partial charge in [0, 0.05) is 11.7 Å². The minimum absolute atomic E-state index is 0.0214. The van der Waals surface area contributed by atoms with Crippen LogP contribution in [0.15, 0.2) is 12.3 Å². The fraction of sp³-hybridized carbons (Fsp3) is 0.750. The summed E-state index contributed by atoms with van der Waals surface area (Å²) < 4.78 is 0. The van der Waals surface area contributed by atoms with Gasteiger partial charge in [0.25, 0.3) is 0 Å². The molecule has 1 unspecified atom stereocenters. The maximum absolute atomic E-state index is 12.1. The quantitative estimate of drug-likeness (QED) is 0.582. The lowest BCUT2D eigenvalue weighted by molar-refractivity contribution is -0.136. The van der Waals surface area contributed by atoms with Crippen LogP contribution < -0.4 is 0 Å². The van der Waals surface area contributed by atoms with Gasteiger partial charge in [-0.15, -0.1) is 0 Å². The molecule has 1 rings (SSSR count). The molecular weight excluding hydrogens is 174 g/mol. The van der Waals surface area contributed by atoms with Crippen LogP contribution >= 0.6 is 0 Å². The Labute approximate surface area is 87.0 Å². The minimum Gasteiger partial charge on any atom is -0.314 e. The number of nitrogens with zero attached hydrogens (tertiary/aromatic N) is 1. The van der Waals surface area contributed by atoms with Crippen molar-refractivity contribution in [2.24, 2.45) is 11.3 Å². The molecule has 0 spiro atoms. The van der Waals surface area contributed by atoms with Crippen LogP contribution in [0.4, 0.5) is 0 Å². The molecule has 1 atom stereocenters. The van der Waals surface area contributed by atoms with E-state index in [2.05, 4.69) is 41.5 Å². The molecule has 14 heavy (non-hydrogen) atoms. The molecular formula is C12H21NO. The van der Waals surface area contributed by atoms with Crippen molar-refractivity contribution in [3.63, 3.8) is 0 Å². The number of hydrogen-bond acceptors (Lipinski definition) is 1. The predicted molar refractivity (Wildman–Crippen MR) is 58.7 cm³/mol. The summed E-state index contributed by atoms with van der Waals surface area (Å²) in [6.45, 7) is 12.5. The van der Waals surface area contributed by atoms with E-state index in [1.807, 2.05) is 17.2 Å². The first-order chi connectivity index (χ1) is 6.14. The SMILES string of the molecule is CC(C)(C)C1C=CN(C(C)(C)C)C1=O. The van der Waals surface area contributed by atoms with Crippen LogP contribution in [0.1, 0.15) is 41.5 Å². The molecule has 0 saturated carbocycles. The van der Waals surface area contributed by atoms with Gasteiger partial charge in [0.1, 0.15) is 0 Å². The third kappa shape index (κ3) is 1.99. The summed E-state index contributed by atoms with van der Waals surface area (Å²) in [5.74, 6) is 0.256. The maximum Gasteiger partial charge on any atom is 0.234 e. The Morgan fingerprint density at radius 2 is 1.64 bits per heavy atom. The lowest BCUT2D eigenvalue weighted by Crippen LogP contribution is -2.43. The minimum atomic E-state index is -0.104. The highest BCUT2D eigenvalue weighted by Gasteiger charge is 2.39. The lowest BCUT2D eigenvalue weighted by atomic mass is 9.81. The predicted octanol–water partition coefficient (Wildman–Crippen LogP) is 2.80. The number of rotatable bonds is 0. The van der Waals surface area contributed by atoms with Crippen molar-refractivity contribution in [1.29, 1.82) is 0 Å². The summed E-state index contributed by atoms with van der Waals surface area (Å²) in [5.41, 5.74) is -0.0822. The second kappa shape index (κ2) is 3.11. The van der Waals surface area contributed by atoms with E-state index < -0.39 is 0 Å². The van der Waals surface area contributed by atoms with Gasteiger partial charge in [-0.1, -0.05) is 26.8 Å². The van der Waals surface area contributed by atoms with Gasteiger partial charge in [-0.05, 0) is 26.2 Å². The topological polar surface area (TPSA) is 20.3 Å². The fourth-order valence-corrected chi connectivity index (χ4v) is 1.69. The first-order valence-electron chi connectivity index (χ1n) is 5.15. The average Bonchev–Trinajstić information content (AvgIpc) is 2.26. The third-order valence-electron chi connectivity index (χ3n) is 2.59. The van der Waals surface area contributed by atoms with Crippen molar-refractivity contribution in [2.75, 3.05) is 0 Å². The normalized spacial score (nSPS) is 23.4. The van der Waals surface area contributed by atoms with Crippen LogP contribution in [0.25, 0.3) is 0 Å². The van der Waals surface area contributed by atoms with Crippen LogP contribution in [0, 0.1) is 11.3 Å². The number of carbonyl (C=O) groups is 1. The number of carbonyl (C=O) groups excluding carboxylic acids is 1. The van der Waals surface area contributed by atoms with E-state index in [0.29, 0.717) is 0 Å². The van der Waals surface area contributed by atoms with E-state index >= 15 is 0 Å². The molecule has 1 heterocycles. The maximum atomic E-state index is 12.1. The molecule has 80 valence electrons. The summed E-state index contributed by atoms with van der Waals surface area (Å²) in [6, 6.07) is 0. The molecule has 0 bridgehead atoms. The fourth-order valence-electron chi connectivity index (χ4n) is 1.69. The Morgan fingerprint density at radius 1 is 1.14 bits per heavy atom. The van der Waals surface area contributed by atoms with E-state index in [4.69, 9.17) is 0 Å². The first-order valence-corrected chi connectivity index (χ1v) is 5.15. The molecule has 0 aliphatic carbocycles. The van der Waals surface area contributed by atoms with Crippen LogP contribution in [-0.2, 0) is 4.79 Å². The lowest BCUT2D eigenvalue weighted by Gasteiger charge is -2.33. The molecule has 0 saturated heterocycles. The zero-order valence-electron chi connectivity index (χ0n) is 10.1. The molecule has 0 aromatic carbocycles. The van der Waals surface area contributed by atoms with E-state index in [0.717, 1.165) is 0 Å². The molecule has 0 radical (unpaired) electrons. The van der Waals surface area contributed by atoms with Crippen LogP contribution in [0.3, 0.4) is 0 Å². The van der Waals surface area contributed by atoms with Gasteiger partial charge in [0.15, 0.2) is 0 Å². The molecule has 1 aliphatic heterocycles. The molecule has 1 aliphatic rings. The van der Waals surface area contributed by atoms with Crippen molar-refractivity contribution in [1.82, 2.24) is 4.90 Å². The summed E-state index contributed by atoms with van der Waals surface area (Å²) in [4.78, 5) is 13.9. The summed E-state index contributed by atoms with van der Waals surface area (Å²) in [5, 5.41) is 0. The zero-order chi connectivity index (χ0) is 11.1. The van der Waals surface area contributed by atoms with Crippen molar-refractivity contribution >= 4 is 5.91 Å². The largest absolute Gasteiger partial charge is 0.314 e. The second-order valence-electron chi connectivity index (χ2n) is 6.06. The van der Waals surface area contributed by atoms with E-state index in [9.17, 15) is 4.79 Å². The highest BCUT2D eigenvalue weighted by molar-refractivity contribution is 5.85. The van der Waals surface area contributed by atoms with Crippen molar-refractivity contribution in [2.45, 2.75) is 47.1 Å². The van der Waals surface area contributed by atoms with Gasteiger partial charge in [0.2, 0.25) is 5.91 Å². The second-order valence-corrected chi connectivity index (χ2v) is 6.06. The molecule has 2 heteroatoms. The Balaban J connectivity index is 2.87. The van der Waals surface area contributed by atoms with Crippen LogP contribution in [-0.4, -0.2) is 16.3 Å². The van der Waals surface area contributed by atoms with Crippen molar-refractivity contribution in [3.8, 4) is 0 Å². The van der Waals surface area contributed by atoms with Crippen LogP contribution in [0.2, 0.25) is 0 Å². The van der Waals surface area contributed by atoms with Gasteiger partial charge < -0.3 is 4.90 Å². The smallest absolute Gasteiger partial charge is 0.234 e. The van der Waals surface area contributed by atoms with Gasteiger partial charge in [-0.3, -0.25) is 4.79 Å². The van der Waals surface area contributed by atoms with Crippen molar-refractivity contribution < 1.29 is 4.79 Å². The Morgan fingerprint density at radius 3 is 1.86 bits per heavy atom. The molecule has 0 fully saturated rings. The number of amides is 1. The van der Waals surface area contributed by atoms with Gasteiger partial charge >= 0.3 is 0 Å². The summed E-state index contributed by atoms with van der Waals surface area (Å²) >= 11 is 0. The highest BCUT2D eigenvalue weighted by Crippen LogP contribution is 2.35. The summed E-state index contributed by atoms with van der Waals surface area (Å²) in [7, 11) is 0. The van der Waals surface area contributed by atoms with E-state index in [1.165, 1.54) is 0 Å². The van der Waals surface area contributed by atoms with Crippen LogP contribution in [0.5, 0.6) is 0 Å². The highest BCUT2D eigenvalue weighted by atomic mass is 16.2. The van der Waals surface area contributed by atoms with Crippen molar-refractivity contribution in [3.05, 3.63) is 12.3 Å². The average molecular weight is 195 g/mol. The summed E-state index contributed by atoms with van der Waals surface area (Å²) in [6.07, 6.45) is 3.95. The monoisotopic (exact) mass is 195 g/mol. The molecule has 0 N–H and O–H groups in total. The first kappa shape index (κ1) is 11.3. The van der Waals surface area contributed by atoms with Gasteiger partial charge in [-0.2, -0.15) is 0 Å². The van der Waals surface area contributed by atoms with E-state index in [1.54, 1.807) is 0 Å². The molecule has 2 nitrogen and oxygen atoms in total. The Hall–Kier alpha value is -0.790. The van der Waals surface area contributed by atoms with Gasteiger partial charge in [-0.25, -0.2) is 0 Å². The number of hydrogen-bond donors (Lipinski definition) is 0. The molecule has 0 aromatic rings. The standard InChI is InChI=1S/C12H21NO/c1-11(2,3)9-7-8-13(10(9)14)12(4,5)6/h7-9H,1-6H3. The van der Waals surface area contributed by atoms with E-state index in [-0.39, 0.29) is 22.8 Å². The molecule has 1 amide bonds. The third-order valence-corrected chi connectivity index (χ3v) is 2.59. The Kier molecular flexibility index (Phi) is 2.51. The molecule has 0 aromatic heterocycles. The van der Waals surface area contributed by atoms with Gasteiger partial charge in [0.05, 0.1) is 5.92 Å².